The van der Waals surface area contributed by atoms with E-state index in [1.807, 2.05) is 0 Å². The largest absolute Gasteiger partial charge is 0.396 e. The van der Waals surface area contributed by atoms with Crippen LogP contribution in [0, 0.1) is 5.92 Å². The monoisotopic (exact) mass is 185 g/mol. The standard InChI is InChI=1S/C10H19NO2/c12-7-8-3-5-13-6-4-10(8)11-9-1-2-9/h8-12H,1-7H2. The smallest absolute Gasteiger partial charge is 0.0480 e. The van der Waals surface area contributed by atoms with E-state index >= 15 is 0 Å². The van der Waals surface area contributed by atoms with Crippen LogP contribution in [0.5, 0.6) is 0 Å². The van der Waals surface area contributed by atoms with Crippen molar-refractivity contribution in [1.29, 1.82) is 0 Å². The molecule has 1 saturated heterocycles. The van der Waals surface area contributed by atoms with Gasteiger partial charge in [-0.1, -0.05) is 0 Å². The maximum atomic E-state index is 9.22. The number of aliphatic hydroxyl groups excluding tert-OH is 1. The summed E-state index contributed by atoms with van der Waals surface area (Å²) < 4.78 is 5.41. The number of hydrogen-bond acceptors (Lipinski definition) is 3. The normalized spacial score (nSPS) is 35.8. The number of rotatable bonds is 3. The van der Waals surface area contributed by atoms with Crippen LogP contribution in [0.4, 0.5) is 0 Å². The van der Waals surface area contributed by atoms with E-state index in [2.05, 4.69) is 5.32 Å². The molecule has 0 aromatic heterocycles. The van der Waals surface area contributed by atoms with Gasteiger partial charge in [-0.2, -0.15) is 0 Å². The first-order valence-corrected chi connectivity index (χ1v) is 5.35. The Morgan fingerprint density at radius 3 is 2.62 bits per heavy atom. The van der Waals surface area contributed by atoms with Gasteiger partial charge in [-0.15, -0.1) is 0 Å². The quantitative estimate of drug-likeness (QED) is 0.674. The van der Waals surface area contributed by atoms with Crippen molar-refractivity contribution in [2.45, 2.75) is 37.8 Å². The lowest BCUT2D eigenvalue weighted by Crippen LogP contribution is -2.39. The van der Waals surface area contributed by atoms with Gasteiger partial charge in [0.2, 0.25) is 0 Å². The van der Waals surface area contributed by atoms with E-state index in [9.17, 15) is 5.11 Å². The molecule has 0 aromatic carbocycles. The number of hydrogen-bond donors (Lipinski definition) is 2. The van der Waals surface area contributed by atoms with Gasteiger partial charge < -0.3 is 15.2 Å². The molecule has 3 nitrogen and oxygen atoms in total. The summed E-state index contributed by atoms with van der Waals surface area (Å²) in [5.41, 5.74) is 0. The first-order chi connectivity index (χ1) is 6.40. The van der Waals surface area contributed by atoms with Gasteiger partial charge in [-0.05, 0) is 31.6 Å². The third kappa shape index (κ3) is 2.66. The average molecular weight is 185 g/mol. The first kappa shape index (κ1) is 9.44. The molecule has 0 amide bonds. The van der Waals surface area contributed by atoms with Crippen molar-refractivity contribution in [2.24, 2.45) is 5.92 Å². The first-order valence-electron chi connectivity index (χ1n) is 5.35. The second-order valence-electron chi connectivity index (χ2n) is 4.18. The van der Waals surface area contributed by atoms with E-state index in [-0.39, 0.29) is 0 Å². The molecule has 2 unspecified atom stereocenters. The fraction of sp³-hybridized carbons (Fsp3) is 1.00. The Morgan fingerprint density at radius 1 is 1.15 bits per heavy atom. The molecular weight excluding hydrogens is 166 g/mol. The van der Waals surface area contributed by atoms with Crippen LogP contribution in [0.25, 0.3) is 0 Å². The molecule has 76 valence electrons. The summed E-state index contributed by atoms with van der Waals surface area (Å²) >= 11 is 0. The molecule has 1 aliphatic heterocycles. The Labute approximate surface area is 79.5 Å². The predicted molar refractivity (Wildman–Crippen MR) is 50.6 cm³/mol. The van der Waals surface area contributed by atoms with Crippen LogP contribution in [0.1, 0.15) is 25.7 Å². The molecule has 2 rings (SSSR count). The molecular formula is C10H19NO2. The van der Waals surface area contributed by atoms with Crippen LogP contribution in [0.2, 0.25) is 0 Å². The molecule has 2 aliphatic rings. The molecule has 2 fully saturated rings. The Kier molecular flexibility index (Phi) is 3.19. The summed E-state index contributed by atoms with van der Waals surface area (Å²) in [5, 5.41) is 12.8. The van der Waals surface area contributed by atoms with Crippen molar-refractivity contribution in [3.8, 4) is 0 Å². The van der Waals surface area contributed by atoms with Crippen LogP contribution in [-0.2, 0) is 4.74 Å². The fourth-order valence-electron chi connectivity index (χ4n) is 1.97. The van der Waals surface area contributed by atoms with Crippen molar-refractivity contribution in [1.82, 2.24) is 5.32 Å². The van der Waals surface area contributed by atoms with Gasteiger partial charge in [0.05, 0.1) is 0 Å². The number of ether oxygens (including phenoxy) is 1. The van der Waals surface area contributed by atoms with Gasteiger partial charge in [0, 0.05) is 31.9 Å². The van der Waals surface area contributed by atoms with E-state index in [4.69, 9.17) is 4.74 Å². The predicted octanol–water partition coefficient (Wildman–Crippen LogP) is 0.526. The Bertz CT molecular complexity index is 159. The summed E-state index contributed by atoms with van der Waals surface area (Å²) in [7, 11) is 0. The summed E-state index contributed by atoms with van der Waals surface area (Å²) in [6, 6.07) is 1.22. The fourth-order valence-corrected chi connectivity index (χ4v) is 1.97. The lowest BCUT2D eigenvalue weighted by Gasteiger charge is -2.23. The van der Waals surface area contributed by atoms with Crippen molar-refractivity contribution in [3.63, 3.8) is 0 Å². The molecule has 1 aliphatic carbocycles. The zero-order chi connectivity index (χ0) is 9.10. The minimum atomic E-state index is 0.299. The molecule has 2 atom stereocenters. The SMILES string of the molecule is OCC1CCOCCC1NC1CC1. The highest BCUT2D eigenvalue weighted by Gasteiger charge is 2.29. The summed E-state index contributed by atoms with van der Waals surface area (Å²) in [6.07, 6.45) is 4.69. The van der Waals surface area contributed by atoms with Gasteiger partial charge in [0.1, 0.15) is 0 Å². The van der Waals surface area contributed by atoms with E-state index in [1.54, 1.807) is 0 Å². The van der Waals surface area contributed by atoms with Gasteiger partial charge in [-0.3, -0.25) is 0 Å². The van der Waals surface area contributed by atoms with Crippen molar-refractivity contribution < 1.29 is 9.84 Å². The summed E-state index contributed by atoms with van der Waals surface area (Å²) in [4.78, 5) is 0. The number of aliphatic hydroxyl groups is 1. The van der Waals surface area contributed by atoms with E-state index in [0.717, 1.165) is 32.1 Å². The molecule has 0 radical (unpaired) electrons. The van der Waals surface area contributed by atoms with Crippen LogP contribution < -0.4 is 5.32 Å². The van der Waals surface area contributed by atoms with Crippen LogP contribution in [-0.4, -0.2) is 37.0 Å². The van der Waals surface area contributed by atoms with Gasteiger partial charge in [0.25, 0.3) is 0 Å². The van der Waals surface area contributed by atoms with Crippen LogP contribution in [0.3, 0.4) is 0 Å². The zero-order valence-electron chi connectivity index (χ0n) is 8.04. The average Bonchev–Trinajstić information content (AvgIpc) is 2.93. The molecule has 1 heterocycles. The third-order valence-electron chi connectivity index (χ3n) is 3.04. The maximum absolute atomic E-state index is 9.22. The lowest BCUT2D eigenvalue weighted by atomic mass is 9.95. The zero-order valence-corrected chi connectivity index (χ0v) is 8.04. The summed E-state index contributed by atoms with van der Waals surface area (Å²) in [5.74, 6) is 0.406. The van der Waals surface area contributed by atoms with Gasteiger partial charge in [-0.25, -0.2) is 0 Å². The highest BCUT2D eigenvalue weighted by molar-refractivity contribution is 4.88. The molecule has 3 heteroatoms. The minimum absolute atomic E-state index is 0.299. The molecule has 0 bridgehead atoms. The van der Waals surface area contributed by atoms with Crippen molar-refractivity contribution in [2.75, 3.05) is 19.8 Å². The molecule has 0 aromatic rings. The van der Waals surface area contributed by atoms with Gasteiger partial charge in [0.15, 0.2) is 0 Å². The third-order valence-corrected chi connectivity index (χ3v) is 3.04. The van der Waals surface area contributed by atoms with Crippen LogP contribution >= 0.6 is 0 Å². The molecule has 1 saturated carbocycles. The van der Waals surface area contributed by atoms with E-state index in [0.29, 0.717) is 18.6 Å². The van der Waals surface area contributed by atoms with Crippen molar-refractivity contribution >= 4 is 0 Å². The summed E-state index contributed by atoms with van der Waals surface area (Å²) in [6.45, 7) is 1.96. The highest BCUT2D eigenvalue weighted by Crippen LogP contribution is 2.24. The van der Waals surface area contributed by atoms with Crippen molar-refractivity contribution in [3.05, 3.63) is 0 Å². The number of nitrogens with one attached hydrogen (secondary N) is 1. The highest BCUT2D eigenvalue weighted by atomic mass is 16.5. The Morgan fingerprint density at radius 2 is 1.92 bits per heavy atom. The van der Waals surface area contributed by atoms with E-state index in [1.165, 1.54) is 12.8 Å². The topological polar surface area (TPSA) is 41.5 Å². The lowest BCUT2D eigenvalue weighted by molar-refractivity contribution is 0.135. The minimum Gasteiger partial charge on any atom is -0.396 e. The van der Waals surface area contributed by atoms with Gasteiger partial charge >= 0.3 is 0 Å². The molecule has 0 spiro atoms. The Balaban J connectivity index is 1.85. The second kappa shape index (κ2) is 4.40. The maximum Gasteiger partial charge on any atom is 0.0480 e. The Hall–Kier alpha value is -0.120. The molecule has 13 heavy (non-hydrogen) atoms. The second-order valence-corrected chi connectivity index (χ2v) is 4.18. The van der Waals surface area contributed by atoms with Crippen LogP contribution in [0.15, 0.2) is 0 Å². The molecule has 2 N–H and O–H groups in total. The van der Waals surface area contributed by atoms with E-state index < -0.39 is 0 Å².